The van der Waals surface area contributed by atoms with Crippen molar-refractivity contribution >= 4 is 23.1 Å². The zero-order valence-corrected chi connectivity index (χ0v) is 11.3. The molecular formula is C13H18N2O2S. The van der Waals surface area contributed by atoms with E-state index in [4.69, 9.17) is 22.7 Å². The molecule has 5 heteroatoms. The second-order valence-electron chi connectivity index (χ2n) is 3.78. The van der Waals surface area contributed by atoms with Gasteiger partial charge in [0.2, 0.25) is 5.91 Å². The van der Waals surface area contributed by atoms with Crippen molar-refractivity contribution in [1.29, 1.82) is 0 Å². The number of carbonyl (C=O) groups excluding carboxylic acids is 1. The van der Waals surface area contributed by atoms with Crippen LogP contribution < -0.4 is 11.1 Å². The molecule has 0 aliphatic heterocycles. The number of rotatable bonds is 7. The summed E-state index contributed by atoms with van der Waals surface area (Å²) < 4.78 is 5.13. The SMILES string of the molecule is CCOCCNC(=O)Cc1ccc(C(N)=S)cc1. The fourth-order valence-corrected chi connectivity index (χ4v) is 1.58. The molecule has 1 rings (SSSR count). The van der Waals surface area contributed by atoms with Crippen LogP contribution in [0.3, 0.4) is 0 Å². The van der Waals surface area contributed by atoms with E-state index in [1.807, 2.05) is 31.2 Å². The Morgan fingerprint density at radius 1 is 1.39 bits per heavy atom. The standard InChI is InChI=1S/C13H18N2O2S/c1-2-17-8-7-15-12(16)9-10-3-5-11(6-4-10)13(14)18/h3-6H,2,7-9H2,1H3,(H2,14,18)(H,15,16). The van der Waals surface area contributed by atoms with E-state index in [0.717, 1.165) is 11.1 Å². The molecule has 0 bridgehead atoms. The fourth-order valence-electron chi connectivity index (χ4n) is 1.44. The molecule has 1 aromatic rings. The highest BCUT2D eigenvalue weighted by Gasteiger charge is 2.03. The summed E-state index contributed by atoms with van der Waals surface area (Å²) in [7, 11) is 0. The summed E-state index contributed by atoms with van der Waals surface area (Å²) in [6.07, 6.45) is 0.351. The van der Waals surface area contributed by atoms with Crippen molar-refractivity contribution in [2.24, 2.45) is 5.73 Å². The lowest BCUT2D eigenvalue weighted by Gasteiger charge is -2.06. The average molecular weight is 266 g/mol. The third kappa shape index (κ3) is 5.25. The molecule has 0 fully saturated rings. The Balaban J connectivity index is 2.37. The van der Waals surface area contributed by atoms with E-state index in [1.54, 1.807) is 0 Å². The zero-order valence-electron chi connectivity index (χ0n) is 10.4. The van der Waals surface area contributed by atoms with Gasteiger partial charge in [0.15, 0.2) is 0 Å². The molecule has 0 heterocycles. The maximum Gasteiger partial charge on any atom is 0.224 e. The Labute approximate surface area is 113 Å². The molecule has 1 amide bonds. The summed E-state index contributed by atoms with van der Waals surface area (Å²) in [6.45, 7) is 3.67. The highest BCUT2D eigenvalue weighted by atomic mass is 32.1. The van der Waals surface area contributed by atoms with Crippen LogP contribution in [0.4, 0.5) is 0 Å². The van der Waals surface area contributed by atoms with Crippen molar-refractivity contribution in [3.05, 3.63) is 35.4 Å². The fraction of sp³-hybridized carbons (Fsp3) is 0.385. The predicted octanol–water partition coefficient (Wildman–Crippen LogP) is 1.02. The van der Waals surface area contributed by atoms with Gasteiger partial charge in [0.05, 0.1) is 13.0 Å². The van der Waals surface area contributed by atoms with Gasteiger partial charge in [0.25, 0.3) is 0 Å². The van der Waals surface area contributed by atoms with Crippen molar-refractivity contribution < 1.29 is 9.53 Å². The van der Waals surface area contributed by atoms with Crippen molar-refractivity contribution in [3.63, 3.8) is 0 Å². The zero-order chi connectivity index (χ0) is 13.4. The Morgan fingerprint density at radius 3 is 2.61 bits per heavy atom. The number of hydrogen-bond donors (Lipinski definition) is 2. The van der Waals surface area contributed by atoms with Gasteiger partial charge in [0.1, 0.15) is 4.99 Å². The molecular weight excluding hydrogens is 248 g/mol. The first-order chi connectivity index (χ1) is 8.63. The van der Waals surface area contributed by atoms with Gasteiger partial charge in [-0.05, 0) is 12.5 Å². The molecule has 0 aliphatic rings. The molecule has 0 saturated heterocycles. The van der Waals surface area contributed by atoms with Gasteiger partial charge < -0.3 is 15.8 Å². The van der Waals surface area contributed by atoms with Gasteiger partial charge in [-0.2, -0.15) is 0 Å². The van der Waals surface area contributed by atoms with Crippen LogP contribution in [0.25, 0.3) is 0 Å². The molecule has 98 valence electrons. The van der Waals surface area contributed by atoms with E-state index in [-0.39, 0.29) is 5.91 Å². The monoisotopic (exact) mass is 266 g/mol. The topological polar surface area (TPSA) is 64.3 Å². The normalized spacial score (nSPS) is 10.1. The number of nitrogens with two attached hydrogens (primary N) is 1. The number of nitrogens with one attached hydrogen (secondary N) is 1. The van der Waals surface area contributed by atoms with E-state index in [9.17, 15) is 4.79 Å². The van der Waals surface area contributed by atoms with Crippen molar-refractivity contribution in [2.45, 2.75) is 13.3 Å². The number of hydrogen-bond acceptors (Lipinski definition) is 3. The van der Waals surface area contributed by atoms with Crippen molar-refractivity contribution in [1.82, 2.24) is 5.32 Å². The smallest absolute Gasteiger partial charge is 0.224 e. The van der Waals surface area contributed by atoms with Gasteiger partial charge in [-0.3, -0.25) is 4.79 Å². The van der Waals surface area contributed by atoms with E-state index >= 15 is 0 Å². The Hall–Kier alpha value is -1.46. The van der Waals surface area contributed by atoms with Crippen LogP contribution in [0.2, 0.25) is 0 Å². The molecule has 0 atom stereocenters. The third-order valence-corrected chi connectivity index (χ3v) is 2.61. The van der Waals surface area contributed by atoms with Gasteiger partial charge in [-0.15, -0.1) is 0 Å². The lowest BCUT2D eigenvalue weighted by Crippen LogP contribution is -2.28. The maximum atomic E-state index is 11.6. The molecule has 4 nitrogen and oxygen atoms in total. The molecule has 18 heavy (non-hydrogen) atoms. The van der Waals surface area contributed by atoms with Crippen LogP contribution in [0, 0.1) is 0 Å². The largest absolute Gasteiger partial charge is 0.389 e. The van der Waals surface area contributed by atoms with Crippen LogP contribution in [-0.4, -0.2) is 30.7 Å². The molecule has 0 radical (unpaired) electrons. The summed E-state index contributed by atoms with van der Waals surface area (Å²) in [5.74, 6) is -0.0159. The van der Waals surface area contributed by atoms with Gasteiger partial charge in [-0.1, -0.05) is 36.5 Å². The van der Waals surface area contributed by atoms with Crippen LogP contribution >= 0.6 is 12.2 Å². The number of ether oxygens (including phenoxy) is 1. The minimum Gasteiger partial charge on any atom is -0.389 e. The molecule has 0 saturated carbocycles. The highest BCUT2D eigenvalue weighted by Crippen LogP contribution is 2.05. The van der Waals surface area contributed by atoms with Crippen molar-refractivity contribution in [3.8, 4) is 0 Å². The lowest BCUT2D eigenvalue weighted by atomic mass is 10.1. The van der Waals surface area contributed by atoms with Crippen molar-refractivity contribution in [2.75, 3.05) is 19.8 Å². The van der Waals surface area contributed by atoms with E-state index in [1.165, 1.54) is 0 Å². The highest BCUT2D eigenvalue weighted by molar-refractivity contribution is 7.80. The number of thiocarbonyl (C=S) groups is 1. The summed E-state index contributed by atoms with van der Waals surface area (Å²) >= 11 is 4.86. The van der Waals surface area contributed by atoms with Gasteiger partial charge >= 0.3 is 0 Å². The molecule has 0 aromatic heterocycles. The molecule has 1 aromatic carbocycles. The second-order valence-corrected chi connectivity index (χ2v) is 4.22. The minimum atomic E-state index is -0.0159. The number of amides is 1. The first-order valence-corrected chi connectivity index (χ1v) is 6.27. The summed E-state index contributed by atoms with van der Waals surface area (Å²) in [5.41, 5.74) is 7.24. The Morgan fingerprint density at radius 2 is 2.06 bits per heavy atom. The molecule has 0 aliphatic carbocycles. The van der Waals surface area contributed by atoms with E-state index in [0.29, 0.717) is 31.2 Å². The first-order valence-electron chi connectivity index (χ1n) is 5.86. The summed E-state index contributed by atoms with van der Waals surface area (Å²) in [4.78, 5) is 11.9. The molecule has 0 spiro atoms. The minimum absolute atomic E-state index is 0.0159. The number of carbonyl (C=O) groups is 1. The summed E-state index contributed by atoms with van der Waals surface area (Å²) in [6, 6.07) is 7.36. The maximum absolute atomic E-state index is 11.6. The van der Waals surface area contributed by atoms with Gasteiger partial charge in [0, 0.05) is 18.7 Å². The average Bonchev–Trinajstić information content (AvgIpc) is 2.35. The van der Waals surface area contributed by atoms with E-state index < -0.39 is 0 Å². The quantitative estimate of drug-likeness (QED) is 0.571. The van der Waals surface area contributed by atoms with E-state index in [2.05, 4.69) is 5.32 Å². The molecule has 0 unspecified atom stereocenters. The van der Waals surface area contributed by atoms with Crippen LogP contribution in [0.15, 0.2) is 24.3 Å². The van der Waals surface area contributed by atoms with Crippen LogP contribution in [-0.2, 0) is 16.0 Å². The number of benzene rings is 1. The summed E-state index contributed by atoms with van der Waals surface area (Å²) in [5, 5.41) is 2.79. The lowest BCUT2D eigenvalue weighted by molar-refractivity contribution is -0.120. The van der Waals surface area contributed by atoms with Gasteiger partial charge in [-0.25, -0.2) is 0 Å². The Bertz CT molecular complexity index is 404. The second kappa shape index (κ2) is 7.79. The Kier molecular flexibility index (Phi) is 6.32. The van der Waals surface area contributed by atoms with Crippen LogP contribution in [0.1, 0.15) is 18.1 Å². The predicted molar refractivity (Wildman–Crippen MR) is 75.5 cm³/mol. The third-order valence-electron chi connectivity index (χ3n) is 2.38. The van der Waals surface area contributed by atoms with Crippen LogP contribution in [0.5, 0.6) is 0 Å². The first kappa shape index (κ1) is 14.6. The molecule has 3 N–H and O–H groups in total.